The summed E-state index contributed by atoms with van der Waals surface area (Å²) in [4.78, 5) is 25.8. The minimum absolute atomic E-state index is 0.612. The second-order valence-electron chi connectivity index (χ2n) is 2.20. The van der Waals surface area contributed by atoms with Crippen molar-refractivity contribution in [3.63, 3.8) is 0 Å². The van der Waals surface area contributed by atoms with Gasteiger partial charge in [-0.05, 0) is 0 Å². The first-order chi connectivity index (χ1) is 6.02. The van der Waals surface area contributed by atoms with Crippen molar-refractivity contribution < 1.29 is 24.6 Å². The van der Waals surface area contributed by atoms with Gasteiger partial charge >= 0.3 is 6.09 Å². The molecular formula is C6H12N2O5. The van der Waals surface area contributed by atoms with Crippen LogP contribution in [-0.2, 0) is 9.63 Å². The molecular weight excluding hydrogens is 180 g/mol. The van der Waals surface area contributed by atoms with Crippen LogP contribution in [0.4, 0.5) is 4.79 Å². The molecule has 3 N–H and O–H groups in total. The highest BCUT2D eigenvalue weighted by molar-refractivity contribution is 5.84. The Hall–Kier alpha value is -1.34. The van der Waals surface area contributed by atoms with Crippen LogP contribution >= 0.6 is 0 Å². The number of aliphatic hydroxyl groups is 1. The molecule has 0 aromatic rings. The number of carboxylic acid groups (broad SMARTS) is 1. The van der Waals surface area contributed by atoms with Crippen molar-refractivity contribution in [2.75, 3.05) is 20.8 Å². The van der Waals surface area contributed by atoms with Crippen LogP contribution in [0.3, 0.4) is 0 Å². The van der Waals surface area contributed by atoms with Gasteiger partial charge in [-0.15, -0.1) is 0 Å². The van der Waals surface area contributed by atoms with Gasteiger partial charge in [-0.1, -0.05) is 0 Å². The van der Waals surface area contributed by atoms with Gasteiger partial charge in [0.25, 0.3) is 5.91 Å². The van der Waals surface area contributed by atoms with Crippen LogP contribution in [0.15, 0.2) is 0 Å². The number of amides is 2. The van der Waals surface area contributed by atoms with E-state index in [9.17, 15) is 9.59 Å². The molecule has 0 spiro atoms. The summed E-state index contributed by atoms with van der Waals surface area (Å²) in [5, 5.41) is 19.6. The van der Waals surface area contributed by atoms with E-state index in [1.807, 2.05) is 5.32 Å². The molecule has 0 saturated carbocycles. The van der Waals surface area contributed by atoms with Crippen LogP contribution < -0.4 is 5.32 Å². The van der Waals surface area contributed by atoms with E-state index in [0.717, 1.165) is 5.06 Å². The summed E-state index contributed by atoms with van der Waals surface area (Å²) in [6.45, 7) is -0.612. The number of likely N-dealkylation sites (N-methyl/N-ethyl adjacent to an activating group) is 1. The maximum atomic E-state index is 11.2. The highest BCUT2D eigenvalue weighted by Gasteiger charge is 2.22. The van der Waals surface area contributed by atoms with Crippen molar-refractivity contribution in [1.82, 2.24) is 10.4 Å². The molecule has 0 rings (SSSR count). The van der Waals surface area contributed by atoms with E-state index < -0.39 is 24.6 Å². The molecule has 13 heavy (non-hydrogen) atoms. The molecule has 76 valence electrons. The van der Waals surface area contributed by atoms with E-state index in [1.54, 1.807) is 0 Å². The standard InChI is InChI=1S/C6H12N2O5/c1-8(13-2)5(10)4(3-9)7-6(11)12/h4,7,9H,3H2,1-2H3,(H,11,12)/t4-/m0/s1. The molecule has 0 aromatic heterocycles. The number of rotatable bonds is 4. The van der Waals surface area contributed by atoms with E-state index in [-0.39, 0.29) is 0 Å². The van der Waals surface area contributed by atoms with Gasteiger partial charge in [-0.2, -0.15) is 0 Å². The van der Waals surface area contributed by atoms with E-state index in [2.05, 4.69) is 4.84 Å². The molecule has 2 amide bonds. The fourth-order valence-corrected chi connectivity index (χ4v) is 0.644. The second kappa shape index (κ2) is 5.33. The first kappa shape index (κ1) is 11.7. The average Bonchev–Trinajstić information content (AvgIpc) is 2.11. The van der Waals surface area contributed by atoms with Gasteiger partial charge in [0.05, 0.1) is 13.7 Å². The average molecular weight is 192 g/mol. The fourth-order valence-electron chi connectivity index (χ4n) is 0.644. The quantitative estimate of drug-likeness (QED) is 0.477. The lowest BCUT2D eigenvalue weighted by molar-refractivity contribution is -0.171. The predicted molar refractivity (Wildman–Crippen MR) is 41.8 cm³/mol. The number of nitrogens with one attached hydrogen (secondary N) is 1. The van der Waals surface area contributed by atoms with Crippen LogP contribution in [0.5, 0.6) is 0 Å². The Morgan fingerprint density at radius 2 is 2.15 bits per heavy atom. The maximum Gasteiger partial charge on any atom is 0.405 e. The van der Waals surface area contributed by atoms with Crippen LogP contribution in [0.1, 0.15) is 0 Å². The first-order valence-corrected chi connectivity index (χ1v) is 3.45. The van der Waals surface area contributed by atoms with Gasteiger partial charge in [0.2, 0.25) is 0 Å². The molecule has 0 radical (unpaired) electrons. The Kier molecular flexibility index (Phi) is 4.78. The minimum Gasteiger partial charge on any atom is -0.465 e. The Morgan fingerprint density at radius 1 is 1.62 bits per heavy atom. The molecule has 0 aromatic carbocycles. The predicted octanol–water partition coefficient (Wildman–Crippen LogP) is -1.37. The van der Waals surface area contributed by atoms with Crippen molar-refractivity contribution in [2.45, 2.75) is 6.04 Å². The van der Waals surface area contributed by atoms with Crippen molar-refractivity contribution in [3.05, 3.63) is 0 Å². The zero-order valence-electron chi connectivity index (χ0n) is 7.35. The van der Waals surface area contributed by atoms with Crippen molar-refractivity contribution in [2.24, 2.45) is 0 Å². The Bertz CT molecular complexity index is 195. The molecule has 1 atom stereocenters. The molecule has 7 nitrogen and oxygen atoms in total. The number of carbonyl (C=O) groups is 2. The van der Waals surface area contributed by atoms with Crippen LogP contribution in [0, 0.1) is 0 Å². The molecule has 0 bridgehead atoms. The molecule has 7 heteroatoms. The van der Waals surface area contributed by atoms with Crippen LogP contribution in [0.2, 0.25) is 0 Å². The van der Waals surface area contributed by atoms with Crippen LogP contribution in [-0.4, -0.2) is 54.1 Å². The summed E-state index contributed by atoms with van der Waals surface area (Å²) in [6, 6.07) is -1.19. The molecule has 0 aliphatic rings. The zero-order chi connectivity index (χ0) is 10.4. The monoisotopic (exact) mass is 192 g/mol. The zero-order valence-corrected chi connectivity index (χ0v) is 7.35. The third-order valence-electron chi connectivity index (χ3n) is 1.36. The topological polar surface area (TPSA) is 99.1 Å². The third-order valence-corrected chi connectivity index (χ3v) is 1.36. The van der Waals surface area contributed by atoms with E-state index in [0.29, 0.717) is 0 Å². The Balaban J connectivity index is 4.22. The van der Waals surface area contributed by atoms with Gasteiger partial charge in [-0.25, -0.2) is 9.86 Å². The molecule has 0 unspecified atom stereocenters. The Morgan fingerprint density at radius 3 is 2.46 bits per heavy atom. The highest BCUT2D eigenvalue weighted by atomic mass is 16.7. The number of nitrogens with zero attached hydrogens (tertiary/aromatic N) is 1. The summed E-state index contributed by atoms with van der Waals surface area (Å²) in [7, 11) is 2.57. The normalized spacial score (nSPS) is 11.9. The molecule has 0 fully saturated rings. The lowest BCUT2D eigenvalue weighted by atomic mass is 10.3. The van der Waals surface area contributed by atoms with Gasteiger partial charge in [0, 0.05) is 7.05 Å². The fraction of sp³-hybridized carbons (Fsp3) is 0.667. The number of hydrogen-bond donors (Lipinski definition) is 3. The van der Waals surface area contributed by atoms with Gasteiger partial charge in [-0.3, -0.25) is 9.63 Å². The summed E-state index contributed by atoms with van der Waals surface area (Å²) < 4.78 is 0. The highest BCUT2D eigenvalue weighted by Crippen LogP contribution is 1.91. The maximum absolute atomic E-state index is 11.2. The van der Waals surface area contributed by atoms with E-state index in [1.165, 1.54) is 14.2 Å². The molecule has 0 aliphatic heterocycles. The largest absolute Gasteiger partial charge is 0.465 e. The first-order valence-electron chi connectivity index (χ1n) is 3.45. The Labute approximate surface area is 74.9 Å². The lowest BCUT2D eigenvalue weighted by Crippen LogP contribution is -2.48. The smallest absolute Gasteiger partial charge is 0.405 e. The van der Waals surface area contributed by atoms with Crippen molar-refractivity contribution in [3.8, 4) is 0 Å². The number of hydrogen-bond acceptors (Lipinski definition) is 4. The van der Waals surface area contributed by atoms with E-state index >= 15 is 0 Å². The second-order valence-corrected chi connectivity index (χ2v) is 2.20. The van der Waals surface area contributed by atoms with Crippen molar-refractivity contribution in [1.29, 1.82) is 0 Å². The van der Waals surface area contributed by atoms with Crippen LogP contribution in [0.25, 0.3) is 0 Å². The molecule has 0 saturated heterocycles. The molecule has 0 aliphatic carbocycles. The molecule has 0 heterocycles. The summed E-state index contributed by atoms with van der Waals surface area (Å²) in [5.74, 6) is -0.660. The van der Waals surface area contributed by atoms with Gasteiger partial charge in [0.15, 0.2) is 0 Å². The summed E-state index contributed by atoms with van der Waals surface area (Å²) in [5.41, 5.74) is 0. The van der Waals surface area contributed by atoms with E-state index in [4.69, 9.17) is 10.2 Å². The number of carbonyl (C=O) groups excluding carboxylic acids is 1. The van der Waals surface area contributed by atoms with Gasteiger partial charge in [0.1, 0.15) is 6.04 Å². The van der Waals surface area contributed by atoms with Crippen molar-refractivity contribution >= 4 is 12.0 Å². The third kappa shape index (κ3) is 3.72. The SMILES string of the molecule is CON(C)C(=O)[C@H](CO)NC(=O)O. The van der Waals surface area contributed by atoms with Gasteiger partial charge < -0.3 is 15.5 Å². The summed E-state index contributed by atoms with van der Waals surface area (Å²) in [6.07, 6.45) is -1.38. The lowest BCUT2D eigenvalue weighted by Gasteiger charge is -2.19. The number of hydroxylamine groups is 2. The minimum atomic E-state index is -1.38. The summed E-state index contributed by atoms with van der Waals surface area (Å²) >= 11 is 0. The number of aliphatic hydroxyl groups excluding tert-OH is 1.